The van der Waals surface area contributed by atoms with Gasteiger partial charge in [0, 0.05) is 0 Å². The van der Waals surface area contributed by atoms with Crippen molar-refractivity contribution >= 4 is 23.6 Å². The first-order valence-corrected chi connectivity index (χ1v) is 13.6. The molecule has 3 aromatic carbocycles. The Morgan fingerprint density at radius 3 is 2.24 bits per heavy atom. The van der Waals surface area contributed by atoms with Crippen molar-refractivity contribution in [3.63, 3.8) is 0 Å². The third-order valence-corrected chi connectivity index (χ3v) is 8.30. The topological polar surface area (TPSA) is 59.2 Å². The number of hydrogen-bond acceptors (Lipinski definition) is 4. The Kier molecular flexibility index (Phi) is 6.02. The van der Waals surface area contributed by atoms with Gasteiger partial charge in [-0.2, -0.15) is 0 Å². The van der Waals surface area contributed by atoms with Crippen LogP contribution in [0.4, 0.5) is 0 Å². The molecule has 2 heterocycles. The summed E-state index contributed by atoms with van der Waals surface area (Å²) < 4.78 is 12.6. The number of nitrogens with zero attached hydrogens (tertiary/aromatic N) is 1. The lowest BCUT2D eigenvalue weighted by atomic mass is 9.75. The number of fused-ring (bicyclic) bond motifs is 4. The number of aryl methyl sites for hydroxylation is 2. The van der Waals surface area contributed by atoms with Gasteiger partial charge in [-0.1, -0.05) is 49.4 Å². The van der Waals surface area contributed by atoms with Crippen LogP contribution < -0.4 is 10.8 Å². The summed E-state index contributed by atoms with van der Waals surface area (Å²) in [5.74, 6) is 0.988. The second-order valence-electron chi connectivity index (χ2n) is 11.5. The highest BCUT2D eigenvalue weighted by Gasteiger charge is 2.51. The van der Waals surface area contributed by atoms with Crippen molar-refractivity contribution < 1.29 is 9.31 Å². The van der Waals surface area contributed by atoms with E-state index in [1.165, 1.54) is 33.4 Å². The fraction of sp³-hybridized carbons (Fsp3) is 0.387. The summed E-state index contributed by atoms with van der Waals surface area (Å²) in [6.07, 6.45) is 3.17. The molecule has 0 radical (unpaired) electrons. The van der Waals surface area contributed by atoms with Gasteiger partial charge in [-0.25, -0.2) is 4.98 Å². The zero-order valence-corrected chi connectivity index (χ0v) is 22.6. The lowest BCUT2D eigenvalue weighted by Gasteiger charge is -2.32. The van der Waals surface area contributed by atoms with Crippen molar-refractivity contribution in [3.05, 3.63) is 71.5 Å². The quantitative estimate of drug-likeness (QED) is 0.264. The van der Waals surface area contributed by atoms with E-state index in [1.54, 1.807) is 0 Å². The van der Waals surface area contributed by atoms with Gasteiger partial charge in [-0.15, -0.1) is 0 Å². The van der Waals surface area contributed by atoms with Crippen molar-refractivity contribution in [2.45, 2.75) is 71.6 Å². The molecular weight excluding hydrogens is 457 g/mol. The Balaban J connectivity index is 1.26. The number of rotatable bonds is 6. The third kappa shape index (κ3) is 4.41. The highest BCUT2D eigenvalue weighted by Crippen LogP contribution is 2.39. The minimum Gasteiger partial charge on any atom is -0.399 e. The van der Waals surface area contributed by atoms with Gasteiger partial charge in [-0.05, 0) is 104 Å². The molecule has 1 aromatic heterocycles. The van der Waals surface area contributed by atoms with Crippen molar-refractivity contribution in [2.24, 2.45) is 0 Å². The van der Waals surface area contributed by atoms with Crippen LogP contribution in [0.5, 0.6) is 0 Å². The van der Waals surface area contributed by atoms with E-state index in [0.29, 0.717) is 0 Å². The normalized spacial score (nSPS) is 17.7. The fourth-order valence-corrected chi connectivity index (χ4v) is 5.43. The molecule has 0 atom stereocenters. The molecule has 190 valence electrons. The minimum absolute atomic E-state index is 0.320. The molecule has 0 bridgehead atoms. The van der Waals surface area contributed by atoms with E-state index in [1.807, 2.05) is 0 Å². The van der Waals surface area contributed by atoms with Gasteiger partial charge in [0.05, 0.1) is 28.8 Å². The van der Waals surface area contributed by atoms with E-state index in [2.05, 4.69) is 99.5 Å². The molecule has 4 aromatic rings. The molecule has 0 saturated carbocycles. The summed E-state index contributed by atoms with van der Waals surface area (Å²) in [5.41, 5.74) is 10.4. The molecule has 0 unspecified atom stereocenters. The van der Waals surface area contributed by atoms with Crippen LogP contribution in [-0.4, -0.2) is 34.8 Å². The highest BCUT2D eigenvalue weighted by molar-refractivity contribution is 6.62. The number of H-pyrrole nitrogens is 1. The van der Waals surface area contributed by atoms with Crippen molar-refractivity contribution in [1.82, 2.24) is 15.3 Å². The SMILES string of the molecule is CCCNCc1nc2ccc(-c3ccc4c(c3)CCc3cc(B5OC(C)(C)C(C)(C)O5)ccc3-4)cc2[nH]1. The largest absolute Gasteiger partial charge is 0.494 e. The molecule has 1 aliphatic heterocycles. The summed E-state index contributed by atoms with van der Waals surface area (Å²) in [6.45, 7) is 12.4. The van der Waals surface area contributed by atoms with E-state index >= 15 is 0 Å². The van der Waals surface area contributed by atoms with Gasteiger partial charge in [0.25, 0.3) is 0 Å². The first kappa shape index (κ1) is 24.4. The van der Waals surface area contributed by atoms with Crippen LogP contribution in [0.3, 0.4) is 0 Å². The molecule has 6 rings (SSSR count). The monoisotopic (exact) mass is 493 g/mol. The number of aromatic amines is 1. The predicted octanol–water partition coefficient (Wildman–Crippen LogP) is 5.79. The fourth-order valence-electron chi connectivity index (χ4n) is 5.43. The molecule has 5 nitrogen and oxygen atoms in total. The first-order chi connectivity index (χ1) is 17.7. The molecule has 6 heteroatoms. The number of aromatic nitrogens is 2. The Morgan fingerprint density at radius 1 is 0.865 bits per heavy atom. The van der Waals surface area contributed by atoms with Crippen molar-refractivity contribution in [3.8, 4) is 22.3 Å². The van der Waals surface area contributed by atoms with Crippen LogP contribution in [0.1, 0.15) is 58.0 Å². The smallest absolute Gasteiger partial charge is 0.399 e. The third-order valence-electron chi connectivity index (χ3n) is 8.30. The van der Waals surface area contributed by atoms with Gasteiger partial charge in [0.1, 0.15) is 5.82 Å². The first-order valence-electron chi connectivity index (χ1n) is 13.6. The van der Waals surface area contributed by atoms with E-state index in [4.69, 9.17) is 14.3 Å². The van der Waals surface area contributed by atoms with Crippen molar-refractivity contribution in [1.29, 1.82) is 0 Å². The Bertz CT molecular complexity index is 1460. The molecule has 37 heavy (non-hydrogen) atoms. The standard InChI is InChI=1S/C31H36BN3O2/c1-6-15-33-19-29-34-27-14-10-21(18-28(27)35-29)20-9-12-25-22(16-20)7-8-23-17-24(11-13-26(23)25)32-36-30(2,3)31(4,5)37-32/h9-14,16-18,33H,6-8,15,19H2,1-5H3,(H,34,35). The molecule has 0 spiro atoms. The minimum atomic E-state index is -0.330. The molecule has 2 aliphatic rings. The zero-order valence-electron chi connectivity index (χ0n) is 22.6. The maximum Gasteiger partial charge on any atom is 0.494 e. The molecule has 1 fully saturated rings. The second kappa shape index (κ2) is 9.12. The number of nitrogens with one attached hydrogen (secondary N) is 2. The summed E-state index contributed by atoms with van der Waals surface area (Å²) in [7, 11) is -0.320. The van der Waals surface area contributed by atoms with E-state index < -0.39 is 0 Å². The zero-order chi connectivity index (χ0) is 25.8. The van der Waals surface area contributed by atoms with Crippen LogP contribution in [0, 0.1) is 0 Å². The summed E-state index contributed by atoms with van der Waals surface area (Å²) in [6, 6.07) is 20.1. The Morgan fingerprint density at radius 2 is 1.51 bits per heavy atom. The van der Waals surface area contributed by atoms with E-state index in [9.17, 15) is 0 Å². The van der Waals surface area contributed by atoms with Gasteiger partial charge in [-0.3, -0.25) is 0 Å². The second-order valence-corrected chi connectivity index (χ2v) is 11.5. The lowest BCUT2D eigenvalue weighted by molar-refractivity contribution is 0.00578. The average Bonchev–Trinajstić information content (AvgIpc) is 3.38. The maximum atomic E-state index is 6.30. The highest BCUT2D eigenvalue weighted by atomic mass is 16.7. The lowest BCUT2D eigenvalue weighted by Crippen LogP contribution is -2.41. The molecule has 2 N–H and O–H groups in total. The van der Waals surface area contributed by atoms with Crippen LogP contribution >= 0.6 is 0 Å². The van der Waals surface area contributed by atoms with E-state index in [0.717, 1.165) is 54.7 Å². The molecular formula is C31H36BN3O2. The number of imidazole rings is 1. The number of hydrogen-bond donors (Lipinski definition) is 2. The Labute approximate surface area is 220 Å². The number of benzene rings is 3. The van der Waals surface area contributed by atoms with Crippen LogP contribution in [0.25, 0.3) is 33.3 Å². The summed E-state index contributed by atoms with van der Waals surface area (Å²) in [4.78, 5) is 8.21. The maximum absolute atomic E-state index is 6.30. The Hall–Kier alpha value is -2.93. The van der Waals surface area contributed by atoms with Crippen molar-refractivity contribution in [2.75, 3.05) is 6.54 Å². The summed E-state index contributed by atoms with van der Waals surface area (Å²) in [5, 5.41) is 3.42. The van der Waals surface area contributed by atoms with Crippen LogP contribution in [0.15, 0.2) is 54.6 Å². The predicted molar refractivity (Wildman–Crippen MR) is 152 cm³/mol. The van der Waals surface area contributed by atoms with Crippen LogP contribution in [0.2, 0.25) is 0 Å². The van der Waals surface area contributed by atoms with E-state index in [-0.39, 0.29) is 18.3 Å². The molecule has 1 aliphatic carbocycles. The molecule has 1 saturated heterocycles. The van der Waals surface area contributed by atoms with Gasteiger partial charge >= 0.3 is 7.12 Å². The van der Waals surface area contributed by atoms with Gasteiger partial charge < -0.3 is 19.6 Å². The summed E-state index contributed by atoms with van der Waals surface area (Å²) >= 11 is 0. The average molecular weight is 493 g/mol. The van der Waals surface area contributed by atoms with Gasteiger partial charge in [0.2, 0.25) is 0 Å². The van der Waals surface area contributed by atoms with Crippen LogP contribution in [-0.2, 0) is 28.7 Å². The van der Waals surface area contributed by atoms with Gasteiger partial charge in [0.15, 0.2) is 0 Å². The molecule has 0 amide bonds.